The molecule has 0 spiro atoms. The second-order valence-corrected chi connectivity index (χ2v) is 5.53. The summed E-state index contributed by atoms with van der Waals surface area (Å²) in [5, 5.41) is 3.45. The van der Waals surface area contributed by atoms with E-state index < -0.39 is 0 Å². The molecule has 0 bridgehead atoms. The monoisotopic (exact) mass is 263 g/mol. The second kappa shape index (κ2) is 6.13. The summed E-state index contributed by atoms with van der Waals surface area (Å²) in [4.78, 5) is 6.76. The third-order valence-corrected chi connectivity index (χ3v) is 3.75. The first-order valence-electron chi connectivity index (χ1n) is 7.11. The van der Waals surface area contributed by atoms with Gasteiger partial charge in [-0.05, 0) is 38.7 Å². The lowest BCUT2D eigenvalue weighted by molar-refractivity contribution is 0.266. The van der Waals surface area contributed by atoms with Crippen LogP contribution in [0, 0.1) is 19.8 Å². The molecule has 4 nitrogen and oxygen atoms in total. The largest absolute Gasteiger partial charge is 0.466 e. The van der Waals surface area contributed by atoms with Crippen molar-refractivity contribution >= 4 is 5.96 Å². The Morgan fingerprint density at radius 1 is 1.53 bits per heavy atom. The van der Waals surface area contributed by atoms with E-state index in [0.29, 0.717) is 0 Å². The minimum Gasteiger partial charge on any atom is -0.466 e. The highest BCUT2D eigenvalue weighted by atomic mass is 16.3. The molecule has 2 rings (SSSR count). The quantitative estimate of drug-likeness (QED) is 0.659. The van der Waals surface area contributed by atoms with Crippen molar-refractivity contribution in [2.45, 2.75) is 40.2 Å². The van der Waals surface area contributed by atoms with Crippen LogP contribution in [0.4, 0.5) is 0 Å². The van der Waals surface area contributed by atoms with E-state index in [-0.39, 0.29) is 0 Å². The normalized spacial score (nSPS) is 20.7. The summed E-state index contributed by atoms with van der Waals surface area (Å²) in [7, 11) is 1.86. The van der Waals surface area contributed by atoms with Crippen molar-refractivity contribution in [2.75, 3.05) is 20.1 Å². The smallest absolute Gasteiger partial charge is 0.193 e. The Bertz CT molecular complexity index is 450. The van der Waals surface area contributed by atoms with Gasteiger partial charge in [-0.2, -0.15) is 0 Å². The first-order valence-corrected chi connectivity index (χ1v) is 7.11. The molecule has 1 aromatic heterocycles. The Morgan fingerprint density at radius 3 is 2.89 bits per heavy atom. The zero-order valence-electron chi connectivity index (χ0n) is 12.5. The van der Waals surface area contributed by atoms with Crippen molar-refractivity contribution in [2.24, 2.45) is 10.9 Å². The minimum absolute atomic E-state index is 0.755. The van der Waals surface area contributed by atoms with Gasteiger partial charge in [-0.25, -0.2) is 0 Å². The summed E-state index contributed by atoms with van der Waals surface area (Å²) in [6.07, 6.45) is 2.58. The van der Waals surface area contributed by atoms with Gasteiger partial charge in [-0.15, -0.1) is 0 Å². The molecule has 0 amide bonds. The van der Waals surface area contributed by atoms with Crippen LogP contribution in [0.5, 0.6) is 0 Å². The lowest BCUT2D eigenvalue weighted by Crippen LogP contribution is -2.45. The van der Waals surface area contributed by atoms with Crippen LogP contribution in [-0.4, -0.2) is 31.0 Å². The van der Waals surface area contributed by atoms with E-state index in [9.17, 15) is 0 Å². The number of aryl methyl sites for hydroxylation is 2. The first-order chi connectivity index (χ1) is 9.10. The fourth-order valence-electron chi connectivity index (χ4n) is 2.75. The molecule has 1 aliphatic heterocycles. The van der Waals surface area contributed by atoms with Crippen LogP contribution in [0.2, 0.25) is 0 Å². The maximum atomic E-state index is 5.55. The van der Waals surface area contributed by atoms with Gasteiger partial charge < -0.3 is 14.6 Å². The molecule has 1 atom stereocenters. The minimum atomic E-state index is 0.755. The van der Waals surface area contributed by atoms with Gasteiger partial charge in [0.2, 0.25) is 0 Å². The standard InChI is InChI=1S/C15H25N3O/c1-11-6-5-7-18(10-11)15(16-4)17-9-14-8-12(2)19-13(14)3/h8,11H,5-7,9-10H2,1-4H3,(H,16,17). The van der Waals surface area contributed by atoms with Gasteiger partial charge in [0.1, 0.15) is 11.5 Å². The van der Waals surface area contributed by atoms with E-state index in [0.717, 1.165) is 43.0 Å². The van der Waals surface area contributed by atoms with Crippen molar-refractivity contribution < 1.29 is 4.42 Å². The van der Waals surface area contributed by atoms with E-state index >= 15 is 0 Å². The molecule has 106 valence electrons. The molecule has 19 heavy (non-hydrogen) atoms. The summed E-state index contributed by atoms with van der Waals surface area (Å²) in [6, 6.07) is 2.09. The number of hydrogen-bond acceptors (Lipinski definition) is 2. The van der Waals surface area contributed by atoms with E-state index in [1.54, 1.807) is 0 Å². The SMILES string of the molecule is CN=C(NCc1cc(C)oc1C)N1CCCC(C)C1. The van der Waals surface area contributed by atoms with Gasteiger partial charge in [0.15, 0.2) is 5.96 Å². The van der Waals surface area contributed by atoms with Crippen LogP contribution in [-0.2, 0) is 6.54 Å². The Morgan fingerprint density at radius 2 is 2.32 bits per heavy atom. The Hall–Kier alpha value is -1.45. The van der Waals surface area contributed by atoms with Gasteiger partial charge in [0, 0.05) is 32.2 Å². The third kappa shape index (κ3) is 3.52. The number of piperidine rings is 1. The van der Waals surface area contributed by atoms with E-state index in [1.165, 1.54) is 18.4 Å². The highest BCUT2D eigenvalue weighted by Gasteiger charge is 2.19. The zero-order chi connectivity index (χ0) is 13.8. The molecule has 0 saturated carbocycles. The topological polar surface area (TPSA) is 40.8 Å². The van der Waals surface area contributed by atoms with Crippen molar-refractivity contribution in [3.63, 3.8) is 0 Å². The average Bonchev–Trinajstić information content (AvgIpc) is 2.69. The molecule has 1 aliphatic rings. The predicted molar refractivity (Wildman–Crippen MR) is 78.4 cm³/mol. The van der Waals surface area contributed by atoms with Gasteiger partial charge in [0.25, 0.3) is 0 Å². The molecule has 1 aromatic rings. The maximum Gasteiger partial charge on any atom is 0.193 e. The van der Waals surface area contributed by atoms with Crippen LogP contribution < -0.4 is 5.32 Å². The van der Waals surface area contributed by atoms with Crippen LogP contribution >= 0.6 is 0 Å². The fourth-order valence-corrected chi connectivity index (χ4v) is 2.75. The molecule has 1 fully saturated rings. The Labute approximate surface area is 115 Å². The Balaban J connectivity index is 1.94. The average molecular weight is 263 g/mol. The summed E-state index contributed by atoms with van der Waals surface area (Å²) >= 11 is 0. The molecular weight excluding hydrogens is 238 g/mol. The number of nitrogens with one attached hydrogen (secondary N) is 1. The van der Waals surface area contributed by atoms with Gasteiger partial charge >= 0.3 is 0 Å². The molecule has 1 unspecified atom stereocenters. The molecule has 1 saturated heterocycles. The second-order valence-electron chi connectivity index (χ2n) is 5.53. The maximum absolute atomic E-state index is 5.55. The lowest BCUT2D eigenvalue weighted by Gasteiger charge is -2.33. The van der Waals surface area contributed by atoms with Crippen LogP contribution in [0.1, 0.15) is 36.8 Å². The number of hydrogen-bond donors (Lipinski definition) is 1. The van der Waals surface area contributed by atoms with Crippen molar-refractivity contribution in [1.82, 2.24) is 10.2 Å². The number of rotatable bonds is 2. The lowest BCUT2D eigenvalue weighted by atomic mass is 10.0. The van der Waals surface area contributed by atoms with E-state index in [1.807, 2.05) is 20.9 Å². The van der Waals surface area contributed by atoms with Crippen LogP contribution in [0.25, 0.3) is 0 Å². The molecule has 0 aromatic carbocycles. The molecule has 0 radical (unpaired) electrons. The first kappa shape index (κ1) is 14.0. The predicted octanol–water partition coefficient (Wildman–Crippen LogP) is 2.70. The fraction of sp³-hybridized carbons (Fsp3) is 0.667. The number of likely N-dealkylation sites (tertiary alicyclic amines) is 1. The van der Waals surface area contributed by atoms with E-state index in [2.05, 4.69) is 28.2 Å². The summed E-state index contributed by atoms with van der Waals surface area (Å²) in [6.45, 7) is 9.29. The van der Waals surface area contributed by atoms with Crippen molar-refractivity contribution in [3.8, 4) is 0 Å². The van der Waals surface area contributed by atoms with Crippen molar-refractivity contribution in [1.29, 1.82) is 0 Å². The zero-order valence-corrected chi connectivity index (χ0v) is 12.5. The highest BCUT2D eigenvalue weighted by molar-refractivity contribution is 5.80. The molecule has 1 N–H and O–H groups in total. The Kier molecular flexibility index (Phi) is 4.51. The van der Waals surface area contributed by atoms with Gasteiger partial charge in [-0.3, -0.25) is 4.99 Å². The number of nitrogens with zero attached hydrogens (tertiary/aromatic N) is 2. The van der Waals surface area contributed by atoms with Crippen LogP contribution in [0.15, 0.2) is 15.5 Å². The van der Waals surface area contributed by atoms with Gasteiger partial charge in [0.05, 0.1) is 0 Å². The van der Waals surface area contributed by atoms with Crippen molar-refractivity contribution in [3.05, 3.63) is 23.2 Å². The molecule has 0 aliphatic carbocycles. The van der Waals surface area contributed by atoms with E-state index in [4.69, 9.17) is 4.42 Å². The number of aliphatic imine (C=N–C) groups is 1. The summed E-state index contributed by atoms with van der Waals surface area (Å²) in [5.74, 6) is 3.72. The highest BCUT2D eigenvalue weighted by Crippen LogP contribution is 2.16. The molecular formula is C15H25N3O. The summed E-state index contributed by atoms with van der Waals surface area (Å²) < 4.78 is 5.55. The third-order valence-electron chi connectivity index (χ3n) is 3.75. The van der Waals surface area contributed by atoms with Crippen LogP contribution in [0.3, 0.4) is 0 Å². The number of furan rings is 1. The summed E-state index contributed by atoms with van der Waals surface area (Å²) in [5.41, 5.74) is 1.21. The molecule has 2 heterocycles. The molecule has 4 heteroatoms. The van der Waals surface area contributed by atoms with Gasteiger partial charge in [-0.1, -0.05) is 6.92 Å². The number of guanidine groups is 1.